The lowest BCUT2D eigenvalue weighted by Gasteiger charge is -2.33. The van der Waals surface area contributed by atoms with Crippen LogP contribution < -0.4 is 9.47 Å². The maximum Gasteiger partial charge on any atom is 0.119 e. The van der Waals surface area contributed by atoms with E-state index in [1.165, 1.54) is 33.4 Å². The van der Waals surface area contributed by atoms with Crippen molar-refractivity contribution in [3.05, 3.63) is 324 Å². The number of rotatable bonds is 38. The van der Waals surface area contributed by atoms with Gasteiger partial charge in [0.2, 0.25) is 0 Å². The monoisotopic (exact) mass is 1460 g/mol. The van der Waals surface area contributed by atoms with E-state index < -0.39 is 0 Å². The van der Waals surface area contributed by atoms with E-state index in [4.69, 9.17) is 23.7 Å². The van der Waals surface area contributed by atoms with Gasteiger partial charge in [-0.1, -0.05) is 303 Å². The third-order valence-corrected chi connectivity index (χ3v) is 19.5. The van der Waals surface area contributed by atoms with Gasteiger partial charge < -0.3 is 23.7 Å². The molecule has 2 saturated heterocycles. The van der Waals surface area contributed by atoms with Gasteiger partial charge in [0.15, 0.2) is 0 Å². The van der Waals surface area contributed by atoms with Crippen molar-refractivity contribution in [2.24, 2.45) is 0 Å². The van der Waals surface area contributed by atoms with Crippen LogP contribution in [-0.2, 0) is 14.2 Å². The van der Waals surface area contributed by atoms with Gasteiger partial charge >= 0.3 is 0 Å². The van der Waals surface area contributed by atoms with Gasteiger partial charge in [0.25, 0.3) is 0 Å². The quantitative estimate of drug-likeness (QED) is 0.0345. The predicted octanol–water partition coefficient (Wildman–Crippen LogP) is 15.9. The SMILES string of the molecule is C(=C/c1ccc(OCCOCCOCCOCCOc2ccc(/C=C/CN3CCN(C/C=C/c4ccccc4)CCN(C/C=C/c4ccccc4)CCN(C/C=C/c4ccccc4)CC3)cc2)cc1)/CN1CCN(C/C=C/c2ccccc2)CCN(C/C=C/c2ccccc2)CCN(C/C=C/c2ccccc2)CC1. The highest BCUT2D eigenvalue weighted by Gasteiger charge is 2.18. The van der Waals surface area contributed by atoms with Gasteiger partial charge in [0, 0.05) is 157 Å². The van der Waals surface area contributed by atoms with Crippen LogP contribution in [0.25, 0.3) is 48.6 Å². The van der Waals surface area contributed by atoms with Crippen molar-refractivity contribution in [3.63, 3.8) is 0 Å². The minimum absolute atomic E-state index is 0.463. The van der Waals surface area contributed by atoms with E-state index >= 15 is 0 Å². The van der Waals surface area contributed by atoms with Gasteiger partial charge in [-0.2, -0.15) is 0 Å². The molecule has 2 heterocycles. The molecule has 0 aromatic heterocycles. The molecule has 2 aliphatic heterocycles. The second-order valence-electron chi connectivity index (χ2n) is 27.8. The molecular weight excluding hydrogens is 1350 g/mol. The summed E-state index contributed by atoms with van der Waals surface area (Å²) in [4.78, 5) is 21.0. The summed E-state index contributed by atoms with van der Waals surface area (Å²) < 4.78 is 29.6. The molecule has 0 atom stereocenters. The highest BCUT2D eigenvalue weighted by molar-refractivity contribution is 5.54. The zero-order chi connectivity index (χ0) is 74.7. The van der Waals surface area contributed by atoms with E-state index in [-0.39, 0.29) is 0 Å². The molecule has 0 spiro atoms. The Morgan fingerprint density at radius 2 is 0.321 bits per heavy atom. The third-order valence-electron chi connectivity index (χ3n) is 19.5. The Labute approximate surface area is 652 Å². The van der Waals surface area contributed by atoms with Crippen molar-refractivity contribution in [3.8, 4) is 11.5 Å². The zero-order valence-corrected chi connectivity index (χ0v) is 64.4. The van der Waals surface area contributed by atoms with Crippen LogP contribution in [-0.4, -0.2) is 249 Å². The minimum atomic E-state index is 0.463. The van der Waals surface area contributed by atoms with Gasteiger partial charge in [-0.15, -0.1) is 0 Å². The number of benzene rings is 8. The standard InChI is InChI=1S/C96H118N8O5/c1-7-27-87(28-8-1)39-19-55-97-63-67-99(57-21-41-89-31-11-3-12-32-89)71-75-103(76-72-100(68-64-97)58-22-42-90-33-13-4-14-34-90)61-25-45-93-47-51-95(52-48-93)108-85-83-106-81-79-105-80-82-107-84-86-109-96-53-49-94(50-54-96)46-26-62-104-77-73-101(59-23-43-91-35-15-5-16-36-91)69-65-98(56-20-40-88-29-9-2-10-30-88)66-70-102(74-78-104)60-24-44-92-37-17-6-18-38-92/h1-54H,55-86H2/b39-19+,40-20+,41-21+,42-22+,43-23+,44-24+,45-25-,46-26+. The predicted molar refractivity (Wildman–Crippen MR) is 459 cm³/mol. The van der Waals surface area contributed by atoms with E-state index in [1.54, 1.807) is 0 Å². The Kier molecular flexibility index (Phi) is 38.7. The molecule has 0 saturated carbocycles. The molecule has 0 N–H and O–H groups in total. The second kappa shape index (κ2) is 51.3. The topological polar surface area (TPSA) is 72.1 Å². The maximum absolute atomic E-state index is 6.06. The summed E-state index contributed by atoms with van der Waals surface area (Å²) in [5.41, 5.74) is 9.73. The van der Waals surface area contributed by atoms with E-state index in [0.29, 0.717) is 52.9 Å². The fourth-order valence-corrected chi connectivity index (χ4v) is 13.0. The van der Waals surface area contributed by atoms with Crippen LogP contribution in [0.5, 0.6) is 11.5 Å². The van der Waals surface area contributed by atoms with E-state index in [0.717, 1.165) is 180 Å². The first-order valence-electron chi connectivity index (χ1n) is 39.7. The van der Waals surface area contributed by atoms with Gasteiger partial charge in [0.05, 0.1) is 39.6 Å². The maximum atomic E-state index is 6.06. The van der Waals surface area contributed by atoms with Gasteiger partial charge in [0.1, 0.15) is 24.7 Å². The molecule has 109 heavy (non-hydrogen) atoms. The first-order chi connectivity index (χ1) is 54.0. The van der Waals surface area contributed by atoms with Crippen LogP contribution in [0.15, 0.2) is 279 Å². The molecule has 0 aliphatic carbocycles. The molecule has 0 unspecified atom stereocenters. The second-order valence-corrected chi connectivity index (χ2v) is 27.8. The van der Waals surface area contributed by atoms with Crippen LogP contribution in [0.2, 0.25) is 0 Å². The fourth-order valence-electron chi connectivity index (χ4n) is 13.0. The first-order valence-corrected chi connectivity index (χ1v) is 39.7. The summed E-state index contributed by atoms with van der Waals surface area (Å²) in [5.74, 6) is 1.66. The Balaban J connectivity index is 0.607. The molecule has 572 valence electrons. The number of ether oxygens (including phenoxy) is 5. The average molecular weight is 1460 g/mol. The van der Waals surface area contributed by atoms with Crippen molar-refractivity contribution in [2.45, 2.75) is 0 Å². The largest absolute Gasteiger partial charge is 0.491 e. The van der Waals surface area contributed by atoms with Gasteiger partial charge in [-0.05, 0) is 68.8 Å². The van der Waals surface area contributed by atoms with Crippen LogP contribution >= 0.6 is 0 Å². The molecule has 0 radical (unpaired) electrons. The lowest BCUT2D eigenvalue weighted by molar-refractivity contribution is 0.00499. The number of nitrogens with zero attached hydrogens (tertiary/aromatic N) is 8. The summed E-state index contributed by atoms with van der Waals surface area (Å²) in [7, 11) is 0. The summed E-state index contributed by atoms with van der Waals surface area (Å²) in [6.45, 7) is 27.0. The normalized spacial score (nSPS) is 16.5. The molecular formula is C96H118N8O5. The lowest BCUT2D eigenvalue weighted by atomic mass is 10.2. The molecule has 8 aromatic carbocycles. The summed E-state index contributed by atoms with van der Waals surface area (Å²) in [5, 5.41) is 0. The molecule has 13 nitrogen and oxygen atoms in total. The van der Waals surface area contributed by atoms with Crippen LogP contribution in [0, 0.1) is 0 Å². The molecule has 13 heteroatoms. The molecule has 2 aliphatic rings. The molecule has 0 amide bonds. The van der Waals surface area contributed by atoms with E-state index in [2.05, 4.69) is 343 Å². The van der Waals surface area contributed by atoms with Crippen molar-refractivity contribution in [2.75, 3.05) is 210 Å². The van der Waals surface area contributed by atoms with Crippen molar-refractivity contribution in [1.82, 2.24) is 39.2 Å². The van der Waals surface area contributed by atoms with E-state index in [1.807, 2.05) is 24.3 Å². The molecule has 0 bridgehead atoms. The molecule has 10 rings (SSSR count). The Morgan fingerprint density at radius 3 is 0.486 bits per heavy atom. The van der Waals surface area contributed by atoms with Crippen LogP contribution in [0.3, 0.4) is 0 Å². The molecule has 8 aromatic rings. The minimum Gasteiger partial charge on any atom is -0.491 e. The summed E-state index contributed by atoms with van der Waals surface area (Å²) in [6, 6.07) is 80.6. The number of hydrogen-bond donors (Lipinski definition) is 0. The van der Waals surface area contributed by atoms with Crippen molar-refractivity contribution in [1.29, 1.82) is 0 Å². The molecule has 2 fully saturated rings. The Morgan fingerprint density at radius 1 is 0.174 bits per heavy atom. The summed E-state index contributed by atoms with van der Waals surface area (Å²) >= 11 is 0. The number of hydrogen-bond acceptors (Lipinski definition) is 13. The zero-order valence-electron chi connectivity index (χ0n) is 64.4. The summed E-state index contributed by atoms with van der Waals surface area (Å²) in [6.07, 6.45) is 36.7. The van der Waals surface area contributed by atoms with Gasteiger partial charge in [-0.3, -0.25) is 39.2 Å². The van der Waals surface area contributed by atoms with Crippen LogP contribution in [0.1, 0.15) is 44.5 Å². The van der Waals surface area contributed by atoms with Crippen molar-refractivity contribution < 1.29 is 23.7 Å². The highest BCUT2D eigenvalue weighted by Crippen LogP contribution is 2.17. The fraction of sp³-hybridized carbons (Fsp3) is 0.333. The Hall–Kier alpha value is -9.16. The third kappa shape index (κ3) is 35.0. The first kappa shape index (κ1) is 82.3. The van der Waals surface area contributed by atoms with Crippen LogP contribution in [0.4, 0.5) is 0 Å². The van der Waals surface area contributed by atoms with Crippen molar-refractivity contribution >= 4 is 48.6 Å². The van der Waals surface area contributed by atoms with E-state index in [9.17, 15) is 0 Å². The smallest absolute Gasteiger partial charge is 0.119 e. The Bertz CT molecular complexity index is 3520. The highest BCUT2D eigenvalue weighted by atomic mass is 16.6. The average Bonchev–Trinajstić information content (AvgIpc) is 0.933. The lowest BCUT2D eigenvalue weighted by Crippen LogP contribution is -2.46. The van der Waals surface area contributed by atoms with Gasteiger partial charge in [-0.25, -0.2) is 0 Å².